The van der Waals surface area contributed by atoms with Crippen LogP contribution in [0.3, 0.4) is 0 Å². The van der Waals surface area contributed by atoms with Gasteiger partial charge < -0.3 is 9.47 Å². The highest BCUT2D eigenvalue weighted by atomic mass is 35.5. The lowest BCUT2D eigenvalue weighted by Gasteiger charge is -2.09. The topological polar surface area (TPSA) is 79.1 Å². The van der Waals surface area contributed by atoms with Crippen LogP contribution in [-0.2, 0) is 9.53 Å². The SMILES string of the molecule is CC(C)OC(=O)C=Cn1cnc(-c2cc(Cl)nc(OC(C)C)c2)n1. The normalized spacial score (nSPS) is 11.5. The molecule has 0 bridgehead atoms. The zero-order valence-corrected chi connectivity index (χ0v) is 14.7. The van der Waals surface area contributed by atoms with E-state index in [9.17, 15) is 4.79 Å². The second kappa shape index (κ2) is 7.92. The third-order valence-electron chi connectivity index (χ3n) is 2.61. The van der Waals surface area contributed by atoms with E-state index >= 15 is 0 Å². The molecule has 0 aliphatic carbocycles. The number of halogens is 1. The maximum Gasteiger partial charge on any atom is 0.332 e. The Labute approximate surface area is 145 Å². The molecule has 0 saturated carbocycles. The van der Waals surface area contributed by atoms with Crippen molar-refractivity contribution in [2.24, 2.45) is 0 Å². The third kappa shape index (κ3) is 5.34. The van der Waals surface area contributed by atoms with Gasteiger partial charge in [-0.1, -0.05) is 11.6 Å². The molecule has 0 aromatic carbocycles. The van der Waals surface area contributed by atoms with E-state index in [1.54, 1.807) is 26.0 Å². The van der Waals surface area contributed by atoms with Crippen molar-refractivity contribution in [2.75, 3.05) is 0 Å². The first-order valence-corrected chi connectivity index (χ1v) is 7.86. The lowest BCUT2D eigenvalue weighted by molar-refractivity contribution is -0.141. The van der Waals surface area contributed by atoms with Gasteiger partial charge in [0, 0.05) is 23.9 Å². The van der Waals surface area contributed by atoms with Crippen molar-refractivity contribution in [3.8, 4) is 17.3 Å². The number of carbonyl (C=O) groups excluding carboxylic acids is 1. The zero-order valence-electron chi connectivity index (χ0n) is 13.9. The third-order valence-corrected chi connectivity index (χ3v) is 2.80. The molecule has 0 aliphatic heterocycles. The van der Waals surface area contributed by atoms with E-state index in [0.717, 1.165) is 0 Å². The van der Waals surface area contributed by atoms with Gasteiger partial charge in [-0.25, -0.2) is 19.4 Å². The molecule has 0 spiro atoms. The molecule has 2 aromatic rings. The van der Waals surface area contributed by atoms with Crippen molar-refractivity contribution in [1.82, 2.24) is 19.7 Å². The summed E-state index contributed by atoms with van der Waals surface area (Å²) in [6.45, 7) is 7.36. The van der Waals surface area contributed by atoms with Crippen molar-refractivity contribution in [3.05, 3.63) is 29.7 Å². The average molecular weight is 351 g/mol. The van der Waals surface area contributed by atoms with Gasteiger partial charge in [0.25, 0.3) is 0 Å². The first kappa shape index (κ1) is 17.9. The van der Waals surface area contributed by atoms with Crippen LogP contribution >= 0.6 is 11.6 Å². The molecule has 0 amide bonds. The van der Waals surface area contributed by atoms with Gasteiger partial charge in [-0.05, 0) is 33.8 Å². The Morgan fingerprint density at radius 1 is 1.25 bits per heavy atom. The number of ether oxygens (including phenoxy) is 2. The van der Waals surface area contributed by atoms with Gasteiger partial charge in [0.1, 0.15) is 11.5 Å². The molecule has 0 N–H and O–H groups in total. The van der Waals surface area contributed by atoms with Gasteiger partial charge in [0.05, 0.1) is 12.2 Å². The molecular formula is C16H19ClN4O3. The van der Waals surface area contributed by atoms with Crippen LogP contribution in [0.1, 0.15) is 27.7 Å². The molecule has 0 unspecified atom stereocenters. The van der Waals surface area contributed by atoms with Crippen LogP contribution < -0.4 is 4.74 Å². The van der Waals surface area contributed by atoms with Crippen molar-refractivity contribution >= 4 is 23.8 Å². The van der Waals surface area contributed by atoms with Gasteiger partial charge in [0.2, 0.25) is 5.88 Å². The van der Waals surface area contributed by atoms with E-state index in [1.165, 1.54) is 23.3 Å². The highest BCUT2D eigenvalue weighted by molar-refractivity contribution is 6.29. The minimum atomic E-state index is -0.443. The highest BCUT2D eigenvalue weighted by Crippen LogP contribution is 2.23. The molecule has 2 heterocycles. The van der Waals surface area contributed by atoms with Crippen molar-refractivity contribution in [2.45, 2.75) is 39.9 Å². The Hall–Kier alpha value is -2.41. The Kier molecular flexibility index (Phi) is 5.92. The predicted molar refractivity (Wildman–Crippen MR) is 90.6 cm³/mol. The molecule has 2 rings (SSSR count). The fourth-order valence-electron chi connectivity index (χ4n) is 1.79. The van der Waals surface area contributed by atoms with Crippen molar-refractivity contribution in [3.63, 3.8) is 0 Å². The van der Waals surface area contributed by atoms with E-state index in [2.05, 4.69) is 15.1 Å². The van der Waals surface area contributed by atoms with Crippen LogP contribution in [-0.4, -0.2) is 37.9 Å². The fourth-order valence-corrected chi connectivity index (χ4v) is 1.99. The molecule has 8 heteroatoms. The Morgan fingerprint density at radius 2 is 2.00 bits per heavy atom. The van der Waals surface area contributed by atoms with Crippen LogP contribution in [0.15, 0.2) is 24.5 Å². The molecule has 24 heavy (non-hydrogen) atoms. The highest BCUT2D eigenvalue weighted by Gasteiger charge is 2.10. The Bertz CT molecular complexity index is 741. The number of esters is 1. The number of pyridine rings is 1. The molecule has 0 radical (unpaired) electrons. The number of rotatable bonds is 6. The first-order valence-electron chi connectivity index (χ1n) is 7.48. The van der Waals surface area contributed by atoms with Crippen LogP contribution in [0.25, 0.3) is 17.6 Å². The summed E-state index contributed by atoms with van der Waals surface area (Å²) in [5.74, 6) is 0.399. The number of hydrogen-bond acceptors (Lipinski definition) is 6. The smallest absolute Gasteiger partial charge is 0.332 e. The molecule has 0 atom stereocenters. The summed E-state index contributed by atoms with van der Waals surface area (Å²) in [5.41, 5.74) is 0.669. The lowest BCUT2D eigenvalue weighted by Crippen LogP contribution is -2.08. The molecule has 0 saturated heterocycles. The van der Waals surface area contributed by atoms with Crippen molar-refractivity contribution < 1.29 is 14.3 Å². The van der Waals surface area contributed by atoms with Gasteiger partial charge in [-0.3, -0.25) is 0 Å². The molecule has 128 valence electrons. The number of hydrogen-bond donors (Lipinski definition) is 0. The maximum atomic E-state index is 11.5. The maximum absolute atomic E-state index is 11.5. The summed E-state index contributed by atoms with van der Waals surface area (Å²) in [7, 11) is 0. The van der Waals surface area contributed by atoms with Crippen LogP contribution in [0.2, 0.25) is 5.15 Å². The fraction of sp³-hybridized carbons (Fsp3) is 0.375. The number of carbonyl (C=O) groups is 1. The second-order valence-corrected chi connectivity index (χ2v) is 5.92. The molecular weight excluding hydrogens is 332 g/mol. The van der Waals surface area contributed by atoms with Crippen LogP contribution in [0.4, 0.5) is 0 Å². The van der Waals surface area contributed by atoms with E-state index in [1.807, 2.05) is 13.8 Å². The van der Waals surface area contributed by atoms with Gasteiger partial charge >= 0.3 is 5.97 Å². The zero-order chi connectivity index (χ0) is 17.7. The Morgan fingerprint density at radius 3 is 2.67 bits per heavy atom. The summed E-state index contributed by atoms with van der Waals surface area (Å²) >= 11 is 6.01. The molecule has 0 fully saturated rings. The predicted octanol–water partition coefficient (Wildman–Crippen LogP) is 3.20. The Balaban J connectivity index is 2.17. The van der Waals surface area contributed by atoms with E-state index in [0.29, 0.717) is 17.3 Å². The average Bonchev–Trinajstić information content (AvgIpc) is 2.92. The van der Waals surface area contributed by atoms with E-state index in [4.69, 9.17) is 21.1 Å². The van der Waals surface area contributed by atoms with E-state index in [-0.39, 0.29) is 17.4 Å². The number of aromatic nitrogens is 4. The summed E-state index contributed by atoms with van der Waals surface area (Å²) in [4.78, 5) is 19.8. The molecule has 2 aromatic heterocycles. The van der Waals surface area contributed by atoms with Gasteiger partial charge in [0.15, 0.2) is 5.82 Å². The minimum Gasteiger partial charge on any atom is -0.475 e. The van der Waals surface area contributed by atoms with Crippen molar-refractivity contribution in [1.29, 1.82) is 0 Å². The first-order chi connectivity index (χ1) is 11.3. The molecule has 7 nitrogen and oxygen atoms in total. The summed E-state index contributed by atoms with van der Waals surface area (Å²) < 4.78 is 12.0. The van der Waals surface area contributed by atoms with Gasteiger partial charge in [-0.2, -0.15) is 0 Å². The second-order valence-electron chi connectivity index (χ2n) is 5.53. The largest absolute Gasteiger partial charge is 0.475 e. The van der Waals surface area contributed by atoms with Gasteiger partial charge in [-0.15, -0.1) is 5.10 Å². The van der Waals surface area contributed by atoms with Crippen LogP contribution in [0, 0.1) is 0 Å². The lowest BCUT2D eigenvalue weighted by atomic mass is 10.2. The minimum absolute atomic E-state index is 0.0239. The molecule has 0 aliphatic rings. The summed E-state index contributed by atoms with van der Waals surface area (Å²) in [5, 5.41) is 4.55. The standard InChI is InChI=1S/C16H19ClN4O3/c1-10(2)23-14-8-12(7-13(17)19-14)16-18-9-21(20-16)6-5-15(22)24-11(3)4/h5-11H,1-4H3. The summed E-state index contributed by atoms with van der Waals surface area (Å²) in [6.07, 6.45) is 4.03. The van der Waals surface area contributed by atoms with Crippen LogP contribution in [0.5, 0.6) is 5.88 Å². The van der Waals surface area contributed by atoms with E-state index < -0.39 is 5.97 Å². The quantitative estimate of drug-likeness (QED) is 0.452. The number of nitrogens with zero attached hydrogens (tertiary/aromatic N) is 4. The summed E-state index contributed by atoms with van der Waals surface area (Å²) in [6, 6.07) is 3.35. The monoisotopic (exact) mass is 350 g/mol.